The van der Waals surface area contributed by atoms with E-state index in [-0.39, 0.29) is 6.04 Å². The number of fused-ring (bicyclic) bond motifs is 1. The maximum Gasteiger partial charge on any atom is 0.243 e. The molecule has 16 heavy (non-hydrogen) atoms. The van der Waals surface area contributed by atoms with Gasteiger partial charge in [-0.25, -0.2) is 4.52 Å². The summed E-state index contributed by atoms with van der Waals surface area (Å²) in [7, 11) is 0. The van der Waals surface area contributed by atoms with Crippen LogP contribution in [-0.2, 0) is 0 Å². The molecule has 3 N–H and O–H groups in total. The lowest BCUT2D eigenvalue weighted by atomic mass is 10.2. The topological polar surface area (TPSA) is 68.2 Å². The fraction of sp³-hybridized carbons (Fsp3) is 0.400. The number of hydrogen-bond donors (Lipinski definition) is 2. The summed E-state index contributed by atoms with van der Waals surface area (Å²) in [6.07, 6.45) is 2.78. The second-order valence-electron chi connectivity index (χ2n) is 3.78. The third-order valence-corrected chi connectivity index (χ3v) is 2.65. The number of nitrogens with zero attached hydrogens (tertiary/aromatic N) is 3. The zero-order chi connectivity index (χ0) is 11.5. The third-order valence-electron chi connectivity index (χ3n) is 2.18. The first-order chi connectivity index (χ1) is 7.65. The van der Waals surface area contributed by atoms with Crippen molar-refractivity contribution in [1.82, 2.24) is 14.6 Å². The van der Waals surface area contributed by atoms with Gasteiger partial charge in [0.15, 0.2) is 5.65 Å². The molecule has 0 radical (unpaired) electrons. The molecule has 0 saturated carbocycles. The zero-order valence-electron chi connectivity index (χ0n) is 9.02. The Bertz CT molecular complexity index is 479. The van der Waals surface area contributed by atoms with Gasteiger partial charge in [-0.2, -0.15) is 4.98 Å². The lowest BCUT2D eigenvalue weighted by Gasteiger charge is -2.03. The predicted octanol–water partition coefficient (Wildman–Crippen LogP) is 1.64. The van der Waals surface area contributed by atoms with Crippen molar-refractivity contribution >= 4 is 27.5 Å². The summed E-state index contributed by atoms with van der Waals surface area (Å²) >= 11 is 3.39. The largest absolute Gasteiger partial charge is 0.353 e. The quantitative estimate of drug-likeness (QED) is 0.895. The molecule has 1 atom stereocenters. The van der Waals surface area contributed by atoms with Gasteiger partial charge in [0.2, 0.25) is 5.95 Å². The van der Waals surface area contributed by atoms with E-state index in [1.165, 1.54) is 0 Å². The Hall–Kier alpha value is -1.14. The number of nitrogens with one attached hydrogen (secondary N) is 1. The molecule has 2 heterocycles. The van der Waals surface area contributed by atoms with Crippen LogP contribution < -0.4 is 11.1 Å². The van der Waals surface area contributed by atoms with Crippen LogP contribution in [0.2, 0.25) is 0 Å². The Balaban J connectivity index is 2.08. The lowest BCUT2D eigenvalue weighted by molar-refractivity contribution is 0.688. The lowest BCUT2D eigenvalue weighted by Crippen LogP contribution is -2.19. The average molecular weight is 284 g/mol. The normalized spacial score (nSPS) is 12.9. The zero-order valence-corrected chi connectivity index (χ0v) is 10.6. The number of anilines is 1. The molecule has 0 saturated heterocycles. The van der Waals surface area contributed by atoms with Crippen LogP contribution in [0.25, 0.3) is 5.65 Å². The van der Waals surface area contributed by atoms with Crippen LogP contribution in [0.1, 0.15) is 13.3 Å². The van der Waals surface area contributed by atoms with E-state index in [2.05, 4.69) is 31.3 Å². The van der Waals surface area contributed by atoms with Gasteiger partial charge in [0.05, 0.1) is 0 Å². The van der Waals surface area contributed by atoms with Crippen molar-refractivity contribution in [3.63, 3.8) is 0 Å². The van der Waals surface area contributed by atoms with Gasteiger partial charge in [-0.1, -0.05) is 0 Å². The van der Waals surface area contributed by atoms with Crippen molar-refractivity contribution in [2.24, 2.45) is 5.73 Å². The number of halogens is 1. The molecule has 5 nitrogen and oxygen atoms in total. The molecule has 0 aliphatic rings. The highest BCUT2D eigenvalue weighted by molar-refractivity contribution is 9.10. The number of hydrogen-bond acceptors (Lipinski definition) is 4. The summed E-state index contributed by atoms with van der Waals surface area (Å²) in [5.74, 6) is 0.638. The third kappa shape index (κ3) is 2.70. The minimum absolute atomic E-state index is 0.193. The van der Waals surface area contributed by atoms with Crippen molar-refractivity contribution in [2.45, 2.75) is 19.4 Å². The van der Waals surface area contributed by atoms with Crippen LogP contribution in [0.15, 0.2) is 22.8 Å². The van der Waals surface area contributed by atoms with E-state index < -0.39 is 0 Å². The molecule has 0 aliphatic carbocycles. The summed E-state index contributed by atoms with van der Waals surface area (Å²) in [5.41, 5.74) is 6.48. The molecule has 86 valence electrons. The molecule has 0 spiro atoms. The first-order valence-electron chi connectivity index (χ1n) is 5.16. The van der Waals surface area contributed by atoms with E-state index in [4.69, 9.17) is 5.73 Å². The van der Waals surface area contributed by atoms with Gasteiger partial charge in [-0.05, 0) is 41.4 Å². The SMILES string of the molecule is CC(N)CCNc1nc2ccc(Br)cn2n1. The Morgan fingerprint density at radius 2 is 2.38 bits per heavy atom. The van der Waals surface area contributed by atoms with E-state index in [1.54, 1.807) is 4.52 Å². The number of rotatable bonds is 4. The first-order valence-corrected chi connectivity index (χ1v) is 5.96. The summed E-state index contributed by atoms with van der Waals surface area (Å²) in [4.78, 5) is 4.33. The van der Waals surface area contributed by atoms with E-state index in [9.17, 15) is 0 Å². The van der Waals surface area contributed by atoms with Gasteiger partial charge in [-0.3, -0.25) is 0 Å². The summed E-state index contributed by atoms with van der Waals surface area (Å²) in [6.45, 7) is 2.77. The van der Waals surface area contributed by atoms with E-state index >= 15 is 0 Å². The molecule has 1 unspecified atom stereocenters. The molecule has 6 heteroatoms. The molecule has 2 aromatic heterocycles. The molecule has 0 aromatic carbocycles. The average Bonchev–Trinajstić information content (AvgIpc) is 2.58. The fourth-order valence-electron chi connectivity index (χ4n) is 1.34. The Labute approximate surface area is 102 Å². The Kier molecular flexibility index (Phi) is 3.40. The highest BCUT2D eigenvalue weighted by atomic mass is 79.9. The minimum Gasteiger partial charge on any atom is -0.353 e. The highest BCUT2D eigenvalue weighted by Gasteiger charge is 2.03. The van der Waals surface area contributed by atoms with Gasteiger partial charge in [0.1, 0.15) is 0 Å². The van der Waals surface area contributed by atoms with Crippen LogP contribution in [0.4, 0.5) is 5.95 Å². The van der Waals surface area contributed by atoms with Crippen molar-refractivity contribution in [2.75, 3.05) is 11.9 Å². The molecule has 2 aromatic rings. The maximum atomic E-state index is 5.66. The second kappa shape index (κ2) is 4.80. The number of nitrogens with two attached hydrogens (primary N) is 1. The van der Waals surface area contributed by atoms with Crippen LogP contribution >= 0.6 is 15.9 Å². The Morgan fingerprint density at radius 1 is 1.56 bits per heavy atom. The van der Waals surface area contributed by atoms with Gasteiger partial charge in [-0.15, -0.1) is 5.10 Å². The molecular weight excluding hydrogens is 270 g/mol. The number of aromatic nitrogens is 3. The van der Waals surface area contributed by atoms with Crippen LogP contribution in [0.5, 0.6) is 0 Å². The maximum absolute atomic E-state index is 5.66. The van der Waals surface area contributed by atoms with Crippen LogP contribution in [0.3, 0.4) is 0 Å². The Morgan fingerprint density at radius 3 is 3.12 bits per heavy atom. The van der Waals surface area contributed by atoms with Crippen molar-refractivity contribution in [1.29, 1.82) is 0 Å². The summed E-state index contributed by atoms with van der Waals surface area (Å²) in [6, 6.07) is 4.04. The van der Waals surface area contributed by atoms with Gasteiger partial charge >= 0.3 is 0 Å². The smallest absolute Gasteiger partial charge is 0.243 e. The molecule has 0 amide bonds. The van der Waals surface area contributed by atoms with Crippen LogP contribution in [0, 0.1) is 0 Å². The van der Waals surface area contributed by atoms with Crippen molar-refractivity contribution in [3.8, 4) is 0 Å². The molecule has 0 bridgehead atoms. The minimum atomic E-state index is 0.193. The van der Waals surface area contributed by atoms with Crippen molar-refractivity contribution in [3.05, 3.63) is 22.8 Å². The molecule has 2 rings (SSSR count). The van der Waals surface area contributed by atoms with Gasteiger partial charge in [0, 0.05) is 23.3 Å². The van der Waals surface area contributed by atoms with Crippen LogP contribution in [-0.4, -0.2) is 27.2 Å². The highest BCUT2D eigenvalue weighted by Crippen LogP contribution is 2.11. The van der Waals surface area contributed by atoms with Crippen molar-refractivity contribution < 1.29 is 0 Å². The van der Waals surface area contributed by atoms with Gasteiger partial charge in [0.25, 0.3) is 0 Å². The number of pyridine rings is 1. The summed E-state index contributed by atoms with van der Waals surface area (Å²) < 4.78 is 2.71. The molecular formula is C10H14BrN5. The second-order valence-corrected chi connectivity index (χ2v) is 4.69. The first kappa shape index (κ1) is 11.3. The van der Waals surface area contributed by atoms with E-state index in [0.29, 0.717) is 5.95 Å². The monoisotopic (exact) mass is 283 g/mol. The molecule has 0 fully saturated rings. The fourth-order valence-corrected chi connectivity index (χ4v) is 1.67. The van der Waals surface area contributed by atoms with Gasteiger partial charge < -0.3 is 11.1 Å². The summed E-state index contributed by atoms with van der Waals surface area (Å²) in [5, 5.41) is 7.44. The van der Waals surface area contributed by atoms with E-state index in [0.717, 1.165) is 23.1 Å². The predicted molar refractivity (Wildman–Crippen MR) is 67.4 cm³/mol. The molecule has 0 aliphatic heterocycles. The van der Waals surface area contributed by atoms with E-state index in [1.807, 2.05) is 25.3 Å². The standard InChI is InChI=1S/C10H14BrN5/c1-7(12)4-5-13-10-14-9-3-2-8(11)6-16(9)15-10/h2-3,6-7H,4-5,12H2,1H3,(H,13,15).